The van der Waals surface area contributed by atoms with Crippen LogP contribution in [-0.4, -0.2) is 54.2 Å². The van der Waals surface area contributed by atoms with Gasteiger partial charge < -0.3 is 16.2 Å². The molecule has 1 rings (SSSR count). The minimum Gasteiger partial charge on any atom is -0.390 e. The number of nitrogens with zero attached hydrogens (tertiary/aromatic N) is 1. The van der Waals surface area contributed by atoms with Gasteiger partial charge in [-0.1, -0.05) is 0 Å². The van der Waals surface area contributed by atoms with Crippen molar-refractivity contribution < 1.29 is 9.90 Å². The van der Waals surface area contributed by atoms with E-state index in [1.807, 2.05) is 6.92 Å². The summed E-state index contributed by atoms with van der Waals surface area (Å²) in [6, 6.07) is 0. The zero-order chi connectivity index (χ0) is 11.3. The van der Waals surface area contributed by atoms with E-state index >= 15 is 0 Å². The van der Waals surface area contributed by atoms with Gasteiger partial charge in [-0.15, -0.1) is 0 Å². The van der Waals surface area contributed by atoms with Crippen LogP contribution >= 0.6 is 0 Å². The van der Waals surface area contributed by atoms with Crippen LogP contribution in [0.5, 0.6) is 0 Å². The monoisotopic (exact) mass is 215 g/mol. The molecule has 88 valence electrons. The van der Waals surface area contributed by atoms with E-state index in [0.29, 0.717) is 19.6 Å². The Kier molecular flexibility index (Phi) is 4.50. The van der Waals surface area contributed by atoms with E-state index < -0.39 is 5.60 Å². The molecule has 0 bridgehead atoms. The number of likely N-dealkylation sites (tertiary alicyclic amines) is 1. The molecule has 0 radical (unpaired) electrons. The van der Waals surface area contributed by atoms with Gasteiger partial charge in [-0.2, -0.15) is 0 Å². The molecule has 1 heterocycles. The van der Waals surface area contributed by atoms with E-state index in [-0.39, 0.29) is 5.91 Å². The molecule has 0 atom stereocenters. The van der Waals surface area contributed by atoms with E-state index in [1.165, 1.54) is 0 Å². The highest BCUT2D eigenvalue weighted by molar-refractivity contribution is 5.78. The first-order chi connectivity index (χ1) is 7.03. The first-order valence-electron chi connectivity index (χ1n) is 5.45. The summed E-state index contributed by atoms with van der Waals surface area (Å²) in [6.07, 6.45) is 1.47. The molecule has 4 N–H and O–H groups in total. The number of hydrogen-bond acceptors (Lipinski definition) is 4. The number of amides is 1. The van der Waals surface area contributed by atoms with Gasteiger partial charge in [0.15, 0.2) is 0 Å². The Bertz CT molecular complexity index is 209. The van der Waals surface area contributed by atoms with Crippen LogP contribution in [-0.2, 0) is 4.79 Å². The Morgan fingerprint density at radius 2 is 2.13 bits per heavy atom. The third-order valence-corrected chi connectivity index (χ3v) is 2.77. The lowest BCUT2D eigenvalue weighted by molar-refractivity contribution is -0.123. The van der Waals surface area contributed by atoms with Gasteiger partial charge in [0, 0.05) is 26.2 Å². The maximum Gasteiger partial charge on any atom is 0.234 e. The van der Waals surface area contributed by atoms with Crippen LogP contribution < -0.4 is 11.1 Å². The largest absolute Gasteiger partial charge is 0.390 e. The molecule has 5 heteroatoms. The van der Waals surface area contributed by atoms with Gasteiger partial charge in [0.05, 0.1) is 12.1 Å². The van der Waals surface area contributed by atoms with Gasteiger partial charge in [-0.3, -0.25) is 9.69 Å². The van der Waals surface area contributed by atoms with Crippen LogP contribution in [0.1, 0.15) is 19.8 Å². The predicted molar refractivity (Wildman–Crippen MR) is 58.4 cm³/mol. The quantitative estimate of drug-likeness (QED) is 0.557. The third kappa shape index (κ3) is 4.59. The van der Waals surface area contributed by atoms with Crippen molar-refractivity contribution in [3.8, 4) is 0 Å². The van der Waals surface area contributed by atoms with Crippen molar-refractivity contribution >= 4 is 5.91 Å². The maximum absolute atomic E-state index is 11.4. The van der Waals surface area contributed by atoms with Gasteiger partial charge in [0.25, 0.3) is 0 Å². The van der Waals surface area contributed by atoms with Crippen LogP contribution in [0, 0.1) is 0 Å². The normalized spacial score (nSPS) is 21.3. The fraction of sp³-hybridized carbons (Fsp3) is 0.900. The molecule has 0 aliphatic carbocycles. The molecule has 5 nitrogen and oxygen atoms in total. The molecule has 1 saturated heterocycles. The maximum atomic E-state index is 11.4. The van der Waals surface area contributed by atoms with Crippen molar-refractivity contribution in [1.82, 2.24) is 10.2 Å². The zero-order valence-electron chi connectivity index (χ0n) is 9.33. The number of hydrogen-bond donors (Lipinski definition) is 3. The lowest BCUT2D eigenvalue weighted by Crippen LogP contribution is -2.46. The summed E-state index contributed by atoms with van der Waals surface area (Å²) in [4.78, 5) is 13.4. The van der Waals surface area contributed by atoms with Crippen LogP contribution in [0.4, 0.5) is 0 Å². The van der Waals surface area contributed by atoms with E-state index in [1.54, 1.807) is 0 Å². The van der Waals surface area contributed by atoms with E-state index in [0.717, 1.165) is 25.9 Å². The number of rotatable bonds is 4. The number of carbonyl (C=O) groups is 1. The Balaban J connectivity index is 2.21. The van der Waals surface area contributed by atoms with Crippen molar-refractivity contribution in [1.29, 1.82) is 0 Å². The summed E-state index contributed by atoms with van der Waals surface area (Å²) in [5.41, 5.74) is 4.73. The number of nitrogens with one attached hydrogen (secondary N) is 1. The highest BCUT2D eigenvalue weighted by Gasteiger charge is 2.27. The smallest absolute Gasteiger partial charge is 0.234 e. The zero-order valence-corrected chi connectivity index (χ0v) is 9.33. The number of piperidine rings is 1. The topological polar surface area (TPSA) is 78.6 Å². The van der Waals surface area contributed by atoms with Crippen molar-refractivity contribution in [2.24, 2.45) is 5.73 Å². The van der Waals surface area contributed by atoms with Gasteiger partial charge in [0.2, 0.25) is 5.91 Å². The predicted octanol–water partition coefficient (Wildman–Crippen LogP) is -1.09. The minimum absolute atomic E-state index is 0.0157. The second kappa shape index (κ2) is 5.44. The summed E-state index contributed by atoms with van der Waals surface area (Å²) in [5.74, 6) is 0.0157. The Morgan fingerprint density at radius 3 is 2.67 bits per heavy atom. The van der Waals surface area contributed by atoms with E-state index in [9.17, 15) is 9.90 Å². The Morgan fingerprint density at radius 1 is 1.53 bits per heavy atom. The average molecular weight is 215 g/mol. The summed E-state index contributed by atoms with van der Waals surface area (Å²) in [5, 5.41) is 12.5. The van der Waals surface area contributed by atoms with E-state index in [4.69, 9.17) is 5.73 Å². The van der Waals surface area contributed by atoms with Crippen molar-refractivity contribution in [3.05, 3.63) is 0 Å². The molecule has 1 aliphatic heterocycles. The molecule has 0 spiro atoms. The minimum atomic E-state index is -0.551. The SMILES string of the molecule is CC1(O)CCN(CC(=O)NCCN)CC1. The van der Waals surface area contributed by atoms with Crippen LogP contribution in [0.25, 0.3) is 0 Å². The fourth-order valence-corrected chi connectivity index (χ4v) is 1.66. The van der Waals surface area contributed by atoms with Gasteiger partial charge in [-0.25, -0.2) is 0 Å². The molecule has 0 aromatic heterocycles. The average Bonchev–Trinajstić information content (AvgIpc) is 2.18. The molecule has 1 amide bonds. The lowest BCUT2D eigenvalue weighted by atomic mass is 9.94. The van der Waals surface area contributed by atoms with Crippen molar-refractivity contribution in [2.45, 2.75) is 25.4 Å². The van der Waals surface area contributed by atoms with Crippen LogP contribution in [0.15, 0.2) is 0 Å². The summed E-state index contributed by atoms with van der Waals surface area (Å²) >= 11 is 0. The second-order valence-corrected chi connectivity index (χ2v) is 4.41. The highest BCUT2D eigenvalue weighted by atomic mass is 16.3. The molecular weight excluding hydrogens is 194 g/mol. The Labute approximate surface area is 90.6 Å². The van der Waals surface area contributed by atoms with Gasteiger partial charge in [-0.05, 0) is 19.8 Å². The van der Waals surface area contributed by atoms with Crippen molar-refractivity contribution in [3.63, 3.8) is 0 Å². The summed E-state index contributed by atoms with van der Waals surface area (Å²) in [6.45, 7) is 4.83. The van der Waals surface area contributed by atoms with E-state index in [2.05, 4.69) is 10.2 Å². The van der Waals surface area contributed by atoms with Crippen LogP contribution in [0.3, 0.4) is 0 Å². The number of aliphatic hydroxyl groups is 1. The standard InChI is InChI=1S/C10H21N3O2/c1-10(15)2-6-13(7-3-10)8-9(14)12-5-4-11/h15H,2-8,11H2,1H3,(H,12,14). The second-order valence-electron chi connectivity index (χ2n) is 4.41. The van der Waals surface area contributed by atoms with Crippen LogP contribution in [0.2, 0.25) is 0 Å². The third-order valence-electron chi connectivity index (χ3n) is 2.77. The Hall–Kier alpha value is -0.650. The first kappa shape index (κ1) is 12.4. The molecule has 1 fully saturated rings. The first-order valence-corrected chi connectivity index (χ1v) is 5.45. The number of carbonyl (C=O) groups excluding carboxylic acids is 1. The molecule has 0 unspecified atom stereocenters. The summed E-state index contributed by atoms with van der Waals surface area (Å²) < 4.78 is 0. The molecule has 0 aromatic carbocycles. The number of nitrogens with two attached hydrogens (primary N) is 1. The summed E-state index contributed by atoms with van der Waals surface area (Å²) in [7, 11) is 0. The fourth-order valence-electron chi connectivity index (χ4n) is 1.66. The van der Waals surface area contributed by atoms with Crippen molar-refractivity contribution in [2.75, 3.05) is 32.7 Å². The molecule has 1 aliphatic rings. The van der Waals surface area contributed by atoms with Gasteiger partial charge in [0.1, 0.15) is 0 Å². The lowest BCUT2D eigenvalue weighted by Gasteiger charge is -2.35. The molecule has 0 saturated carbocycles. The molecule has 15 heavy (non-hydrogen) atoms. The van der Waals surface area contributed by atoms with Gasteiger partial charge >= 0.3 is 0 Å². The highest BCUT2D eigenvalue weighted by Crippen LogP contribution is 2.20. The molecule has 0 aromatic rings. The molecular formula is C10H21N3O2.